The van der Waals surface area contributed by atoms with Gasteiger partial charge in [-0.05, 0) is 43.4 Å². The molecule has 2 rings (SSSR count). The molecular formula is C18H31N3. The van der Waals surface area contributed by atoms with Crippen molar-refractivity contribution in [3.05, 3.63) is 17.6 Å². The van der Waals surface area contributed by atoms with E-state index in [1.165, 1.54) is 31.4 Å². The first-order chi connectivity index (χ1) is 9.94. The van der Waals surface area contributed by atoms with E-state index in [9.17, 15) is 0 Å². The fourth-order valence-corrected chi connectivity index (χ4v) is 3.43. The molecule has 3 nitrogen and oxygen atoms in total. The van der Waals surface area contributed by atoms with Crippen molar-refractivity contribution in [3.8, 4) is 0 Å². The molecule has 1 aliphatic carbocycles. The van der Waals surface area contributed by atoms with E-state index in [0.29, 0.717) is 11.3 Å². The Morgan fingerprint density at radius 1 is 1.14 bits per heavy atom. The smallest absolute Gasteiger partial charge is 0.134 e. The summed E-state index contributed by atoms with van der Waals surface area (Å²) in [4.78, 5) is 9.55. The number of anilines is 1. The minimum Gasteiger partial charge on any atom is -0.373 e. The van der Waals surface area contributed by atoms with Gasteiger partial charge in [0.25, 0.3) is 0 Å². The Kier molecular flexibility index (Phi) is 5.23. The summed E-state index contributed by atoms with van der Waals surface area (Å²) in [5.41, 5.74) is 1.62. The van der Waals surface area contributed by atoms with Crippen molar-refractivity contribution in [2.75, 3.05) is 12.4 Å². The molecule has 0 atom stereocenters. The van der Waals surface area contributed by atoms with Crippen molar-refractivity contribution in [2.24, 2.45) is 11.3 Å². The maximum atomic E-state index is 4.83. The quantitative estimate of drug-likeness (QED) is 0.866. The molecular weight excluding hydrogens is 258 g/mol. The van der Waals surface area contributed by atoms with Crippen LogP contribution < -0.4 is 5.32 Å². The van der Waals surface area contributed by atoms with Gasteiger partial charge in [0, 0.05) is 24.7 Å². The molecule has 3 heteroatoms. The van der Waals surface area contributed by atoms with E-state index < -0.39 is 0 Å². The van der Waals surface area contributed by atoms with Crippen LogP contribution in [0.5, 0.6) is 0 Å². The van der Waals surface area contributed by atoms with Gasteiger partial charge in [0.05, 0.1) is 0 Å². The van der Waals surface area contributed by atoms with Crippen molar-refractivity contribution in [1.82, 2.24) is 9.97 Å². The molecule has 1 aromatic heterocycles. The van der Waals surface area contributed by atoms with E-state index in [1.54, 1.807) is 0 Å². The van der Waals surface area contributed by atoms with E-state index in [2.05, 4.69) is 39.1 Å². The predicted molar refractivity (Wildman–Crippen MR) is 89.7 cm³/mol. The van der Waals surface area contributed by atoms with Crippen LogP contribution in [0.25, 0.3) is 0 Å². The average Bonchev–Trinajstić information content (AvgIpc) is 2.46. The van der Waals surface area contributed by atoms with Gasteiger partial charge in [-0.15, -0.1) is 0 Å². The predicted octanol–water partition coefficient (Wildman–Crippen LogP) is 4.79. The topological polar surface area (TPSA) is 37.8 Å². The van der Waals surface area contributed by atoms with Gasteiger partial charge in [-0.3, -0.25) is 0 Å². The summed E-state index contributed by atoms with van der Waals surface area (Å²) >= 11 is 0. The number of hydrogen-bond donors (Lipinski definition) is 1. The van der Waals surface area contributed by atoms with E-state index >= 15 is 0 Å². The Labute approximate surface area is 130 Å². The van der Waals surface area contributed by atoms with Gasteiger partial charge in [-0.1, -0.05) is 34.1 Å². The van der Waals surface area contributed by atoms with Gasteiger partial charge in [0.15, 0.2) is 0 Å². The highest BCUT2D eigenvalue weighted by Gasteiger charge is 2.31. The minimum absolute atomic E-state index is 0.437. The third-order valence-electron chi connectivity index (χ3n) is 4.88. The second kappa shape index (κ2) is 6.76. The molecule has 0 spiro atoms. The Bertz CT molecular complexity index is 454. The number of aromatic nitrogens is 2. The largest absolute Gasteiger partial charge is 0.373 e. The van der Waals surface area contributed by atoms with Crippen LogP contribution >= 0.6 is 0 Å². The van der Waals surface area contributed by atoms with Gasteiger partial charge in [-0.25, -0.2) is 9.97 Å². The third kappa shape index (κ3) is 4.18. The van der Waals surface area contributed by atoms with Crippen LogP contribution in [0.15, 0.2) is 6.07 Å². The van der Waals surface area contributed by atoms with Crippen LogP contribution in [0.2, 0.25) is 0 Å². The molecule has 1 aromatic rings. The van der Waals surface area contributed by atoms with Crippen LogP contribution in [0.1, 0.15) is 77.2 Å². The number of nitrogens with zero attached hydrogens (tertiary/aromatic N) is 2. The molecule has 0 saturated heterocycles. The molecule has 1 saturated carbocycles. The molecule has 1 heterocycles. The molecule has 118 valence electrons. The zero-order valence-corrected chi connectivity index (χ0v) is 14.4. The lowest BCUT2D eigenvalue weighted by atomic mass is 9.69. The average molecular weight is 289 g/mol. The fraction of sp³-hybridized carbons (Fsp3) is 0.778. The summed E-state index contributed by atoms with van der Waals surface area (Å²) in [6, 6.07) is 2.09. The highest BCUT2D eigenvalue weighted by Crippen LogP contribution is 2.42. The summed E-state index contributed by atoms with van der Waals surface area (Å²) in [7, 11) is 1.94. The van der Waals surface area contributed by atoms with Crippen LogP contribution in [0.4, 0.5) is 5.82 Å². The number of hydrogen-bond acceptors (Lipinski definition) is 3. The zero-order chi connectivity index (χ0) is 15.5. The lowest BCUT2D eigenvalue weighted by Crippen LogP contribution is -2.26. The molecule has 0 amide bonds. The Hall–Kier alpha value is -1.12. The van der Waals surface area contributed by atoms with Crippen LogP contribution in [-0.4, -0.2) is 17.0 Å². The van der Waals surface area contributed by atoms with Gasteiger partial charge in [0.1, 0.15) is 11.6 Å². The zero-order valence-electron chi connectivity index (χ0n) is 14.4. The van der Waals surface area contributed by atoms with Crippen LogP contribution in [0.3, 0.4) is 0 Å². The molecule has 1 fully saturated rings. The summed E-state index contributed by atoms with van der Waals surface area (Å²) in [6.07, 6.45) is 7.27. The second-order valence-corrected chi connectivity index (χ2v) is 7.52. The number of rotatable bonds is 4. The van der Waals surface area contributed by atoms with Gasteiger partial charge in [0.2, 0.25) is 0 Å². The molecule has 0 unspecified atom stereocenters. The first kappa shape index (κ1) is 16.3. The van der Waals surface area contributed by atoms with E-state index in [4.69, 9.17) is 9.97 Å². The van der Waals surface area contributed by atoms with Gasteiger partial charge in [-0.2, -0.15) is 0 Å². The molecule has 1 aliphatic rings. The SMILES string of the molecule is CCCc1cc(NC)nc(C2CCC(C(C)(C)C)CC2)n1. The third-order valence-corrected chi connectivity index (χ3v) is 4.88. The van der Waals surface area contributed by atoms with Crippen LogP contribution in [-0.2, 0) is 6.42 Å². The second-order valence-electron chi connectivity index (χ2n) is 7.52. The lowest BCUT2D eigenvalue weighted by Gasteiger charge is -2.36. The molecule has 1 N–H and O–H groups in total. The monoisotopic (exact) mass is 289 g/mol. The molecule has 0 radical (unpaired) electrons. The normalized spacial score (nSPS) is 23.1. The summed E-state index contributed by atoms with van der Waals surface area (Å²) < 4.78 is 0. The minimum atomic E-state index is 0.437. The molecule has 21 heavy (non-hydrogen) atoms. The number of aryl methyl sites for hydroxylation is 1. The van der Waals surface area contributed by atoms with Crippen molar-refractivity contribution in [2.45, 2.75) is 72.1 Å². The molecule has 0 aromatic carbocycles. The Balaban J connectivity index is 2.10. The van der Waals surface area contributed by atoms with Crippen LogP contribution in [0, 0.1) is 11.3 Å². The summed E-state index contributed by atoms with van der Waals surface area (Å²) in [5, 5.41) is 3.19. The Morgan fingerprint density at radius 2 is 1.81 bits per heavy atom. The number of nitrogens with one attached hydrogen (secondary N) is 1. The summed E-state index contributed by atoms with van der Waals surface area (Å²) in [6.45, 7) is 9.32. The highest BCUT2D eigenvalue weighted by molar-refractivity contribution is 5.35. The van der Waals surface area contributed by atoms with Gasteiger partial charge < -0.3 is 5.32 Å². The highest BCUT2D eigenvalue weighted by atomic mass is 15.0. The maximum Gasteiger partial charge on any atom is 0.134 e. The van der Waals surface area contributed by atoms with Crippen molar-refractivity contribution in [1.29, 1.82) is 0 Å². The molecule has 0 aliphatic heterocycles. The van der Waals surface area contributed by atoms with Crippen molar-refractivity contribution >= 4 is 5.82 Å². The van der Waals surface area contributed by atoms with E-state index in [-0.39, 0.29) is 0 Å². The van der Waals surface area contributed by atoms with Crippen molar-refractivity contribution < 1.29 is 0 Å². The van der Waals surface area contributed by atoms with E-state index in [0.717, 1.165) is 30.4 Å². The van der Waals surface area contributed by atoms with Crippen molar-refractivity contribution in [3.63, 3.8) is 0 Å². The summed E-state index contributed by atoms with van der Waals surface area (Å²) in [5.74, 6) is 3.43. The lowest BCUT2D eigenvalue weighted by molar-refractivity contribution is 0.167. The van der Waals surface area contributed by atoms with E-state index in [1.807, 2.05) is 7.05 Å². The maximum absolute atomic E-state index is 4.83. The first-order valence-corrected chi connectivity index (χ1v) is 8.49. The fourth-order valence-electron chi connectivity index (χ4n) is 3.43. The first-order valence-electron chi connectivity index (χ1n) is 8.49. The Morgan fingerprint density at radius 3 is 2.33 bits per heavy atom. The molecule has 0 bridgehead atoms. The standard InChI is InChI=1S/C18H31N3/c1-6-7-15-12-16(19-5)21-17(20-15)13-8-10-14(11-9-13)18(2,3)4/h12-14H,6-11H2,1-5H3,(H,19,20,21). The van der Waals surface area contributed by atoms with Gasteiger partial charge >= 0.3 is 0 Å².